The lowest BCUT2D eigenvalue weighted by Gasteiger charge is -2.34. The van der Waals surface area contributed by atoms with Crippen molar-refractivity contribution in [3.05, 3.63) is 107 Å². The number of benzene rings is 3. The summed E-state index contributed by atoms with van der Waals surface area (Å²) in [6.07, 6.45) is -12.0. The Morgan fingerprint density at radius 3 is 1.92 bits per heavy atom. The van der Waals surface area contributed by atoms with E-state index in [0.717, 1.165) is 0 Å². The molecule has 1 heterocycles. The molecule has 3 aromatic rings. The molecule has 1 aliphatic rings. The van der Waals surface area contributed by atoms with E-state index >= 15 is 0 Å². The molecule has 37 heavy (non-hydrogen) atoms. The minimum Gasteiger partial charge on any atom is -0.440 e. The third-order valence-corrected chi connectivity index (χ3v) is 6.47. The van der Waals surface area contributed by atoms with Gasteiger partial charge in [-0.3, -0.25) is 0 Å². The number of rotatable bonds is 6. The number of hydrogen-bond donors (Lipinski definition) is 0. The molecular weight excluding hydrogens is 500 g/mol. The van der Waals surface area contributed by atoms with Crippen LogP contribution in [0.15, 0.2) is 78.9 Å². The van der Waals surface area contributed by atoms with Crippen LogP contribution < -0.4 is 0 Å². The van der Waals surface area contributed by atoms with Crippen molar-refractivity contribution >= 4 is 5.97 Å². The van der Waals surface area contributed by atoms with Gasteiger partial charge in [0.25, 0.3) is 0 Å². The van der Waals surface area contributed by atoms with Gasteiger partial charge in [0.2, 0.25) is 0 Å². The van der Waals surface area contributed by atoms with Crippen LogP contribution in [0.2, 0.25) is 0 Å². The lowest BCUT2D eigenvalue weighted by molar-refractivity contribution is -0.148. The molecule has 0 bridgehead atoms. The Hall–Kier alpha value is -3.37. The van der Waals surface area contributed by atoms with Gasteiger partial charge >= 0.3 is 18.3 Å². The molecule has 0 amide bonds. The molecule has 0 aromatic heterocycles. The summed E-state index contributed by atoms with van der Waals surface area (Å²) in [6.45, 7) is 0.956. The second-order valence-electron chi connectivity index (χ2n) is 8.80. The molecule has 1 saturated heterocycles. The predicted molar refractivity (Wildman–Crippen MR) is 122 cm³/mol. The molecule has 10 heteroatoms. The molecule has 1 aliphatic heterocycles. The summed E-state index contributed by atoms with van der Waals surface area (Å²) >= 11 is 0. The topological polar surface area (TPSA) is 38.8 Å². The first-order chi connectivity index (χ1) is 17.3. The number of alkyl halides is 6. The molecule has 196 valence electrons. The largest absolute Gasteiger partial charge is 0.440 e. The van der Waals surface area contributed by atoms with E-state index in [0.29, 0.717) is 23.3 Å². The van der Waals surface area contributed by atoms with Crippen LogP contribution in [0.1, 0.15) is 47.1 Å². The quantitative estimate of drug-likeness (QED) is 0.261. The Kier molecular flexibility index (Phi) is 7.09. The molecule has 3 aromatic carbocycles. The summed E-state index contributed by atoms with van der Waals surface area (Å²) < 4.78 is 91.6. The highest BCUT2D eigenvalue weighted by Crippen LogP contribution is 2.44. The number of hydrogen-bond acceptors (Lipinski definition) is 4. The van der Waals surface area contributed by atoms with E-state index in [9.17, 15) is 31.1 Å². The molecule has 1 fully saturated rings. The Labute approximate surface area is 209 Å². The number of nitrogens with zero attached hydrogens (tertiary/aromatic N) is 1. The molecule has 0 N–H and O–H groups in total. The van der Waals surface area contributed by atoms with Gasteiger partial charge in [-0.2, -0.15) is 26.3 Å². The minimum absolute atomic E-state index is 0.0637. The van der Waals surface area contributed by atoms with Gasteiger partial charge < -0.3 is 9.47 Å². The van der Waals surface area contributed by atoms with Gasteiger partial charge in [0, 0.05) is 5.56 Å². The fourth-order valence-electron chi connectivity index (χ4n) is 4.37. The Morgan fingerprint density at radius 1 is 0.892 bits per heavy atom. The summed E-state index contributed by atoms with van der Waals surface area (Å²) in [5.41, 5.74) is -3.49. The summed E-state index contributed by atoms with van der Waals surface area (Å²) in [5, 5.41) is 0. The Balaban J connectivity index is 1.70. The van der Waals surface area contributed by atoms with Gasteiger partial charge in [-0.1, -0.05) is 60.7 Å². The van der Waals surface area contributed by atoms with E-state index in [4.69, 9.17) is 9.47 Å². The van der Waals surface area contributed by atoms with E-state index in [1.54, 1.807) is 72.6 Å². The summed E-state index contributed by atoms with van der Waals surface area (Å²) in [5.74, 6) is -0.651. The summed E-state index contributed by atoms with van der Waals surface area (Å²) in [7, 11) is 1.65. The smallest absolute Gasteiger partial charge is 0.416 e. The number of halogens is 6. The first kappa shape index (κ1) is 26.7. The number of likely N-dealkylation sites (N-methyl/N-ethyl adjacent to an activating group) is 1. The predicted octanol–water partition coefficient (Wildman–Crippen LogP) is 6.88. The lowest BCUT2D eigenvalue weighted by atomic mass is 9.89. The zero-order valence-corrected chi connectivity index (χ0v) is 19.8. The second kappa shape index (κ2) is 9.83. The standard InChI is InChI=1S/C27H23F6NO3/c1-17(19-13-21(26(28,29)30)15-22(14-19)27(31,32)33)36-16-25(20-11-7-4-8-12-20)24(35)37-23(34(25)2)18-9-5-3-6-10-18/h3-15,17,23H,16H2,1-2H3/t17-,23?,25-/m1/s1. The molecule has 0 saturated carbocycles. The fourth-order valence-corrected chi connectivity index (χ4v) is 4.37. The zero-order valence-electron chi connectivity index (χ0n) is 19.8. The Bertz CT molecular complexity index is 1210. The third kappa shape index (κ3) is 5.21. The summed E-state index contributed by atoms with van der Waals surface area (Å²) in [6, 6.07) is 18.8. The molecule has 0 radical (unpaired) electrons. The van der Waals surface area contributed by atoms with Crippen molar-refractivity contribution in [2.75, 3.05) is 13.7 Å². The molecule has 0 spiro atoms. The average Bonchev–Trinajstić information content (AvgIpc) is 3.12. The number of ether oxygens (including phenoxy) is 2. The van der Waals surface area contributed by atoms with Crippen molar-refractivity contribution in [2.45, 2.75) is 37.1 Å². The van der Waals surface area contributed by atoms with Crippen LogP contribution in [-0.4, -0.2) is 24.5 Å². The molecule has 4 nitrogen and oxygen atoms in total. The molecule has 0 aliphatic carbocycles. The van der Waals surface area contributed by atoms with E-state index in [2.05, 4.69) is 0 Å². The van der Waals surface area contributed by atoms with E-state index in [1.807, 2.05) is 0 Å². The van der Waals surface area contributed by atoms with E-state index in [-0.39, 0.29) is 18.2 Å². The van der Waals surface area contributed by atoms with E-state index in [1.165, 1.54) is 6.92 Å². The minimum atomic E-state index is -4.99. The SMILES string of the molecule is C[C@@H](OC[C@@]1(c2ccccc2)C(=O)OC(c2ccccc2)N1C)c1cc(C(F)(F)F)cc(C(F)(F)F)c1. The monoisotopic (exact) mass is 523 g/mol. The number of carbonyl (C=O) groups is 1. The van der Waals surface area contributed by atoms with Crippen molar-refractivity contribution in [1.29, 1.82) is 0 Å². The van der Waals surface area contributed by atoms with Crippen LogP contribution >= 0.6 is 0 Å². The van der Waals surface area contributed by atoms with Crippen LogP contribution in [-0.2, 0) is 32.2 Å². The molecule has 4 rings (SSSR count). The lowest BCUT2D eigenvalue weighted by Crippen LogP contribution is -2.48. The maximum atomic E-state index is 13.4. The van der Waals surface area contributed by atoms with Crippen LogP contribution in [0.4, 0.5) is 26.3 Å². The maximum absolute atomic E-state index is 13.4. The van der Waals surface area contributed by atoms with Crippen molar-refractivity contribution in [3.8, 4) is 0 Å². The highest BCUT2D eigenvalue weighted by Gasteiger charge is 2.56. The van der Waals surface area contributed by atoms with Crippen molar-refractivity contribution < 1.29 is 40.6 Å². The first-order valence-corrected chi connectivity index (χ1v) is 11.3. The Morgan fingerprint density at radius 2 is 1.41 bits per heavy atom. The van der Waals surface area contributed by atoms with Crippen molar-refractivity contribution in [1.82, 2.24) is 4.90 Å². The van der Waals surface area contributed by atoms with Crippen LogP contribution in [0.5, 0.6) is 0 Å². The normalized spacial score (nSPS) is 21.6. The van der Waals surface area contributed by atoms with Crippen LogP contribution in [0, 0.1) is 0 Å². The molecular formula is C27H23F6NO3. The van der Waals surface area contributed by atoms with Crippen LogP contribution in [0.25, 0.3) is 0 Å². The first-order valence-electron chi connectivity index (χ1n) is 11.3. The van der Waals surface area contributed by atoms with Crippen molar-refractivity contribution in [2.24, 2.45) is 0 Å². The van der Waals surface area contributed by atoms with Gasteiger partial charge in [-0.05, 0) is 43.3 Å². The fraction of sp³-hybridized carbons (Fsp3) is 0.296. The zero-order chi connectivity index (χ0) is 27.0. The molecule has 3 atom stereocenters. The highest BCUT2D eigenvalue weighted by atomic mass is 19.4. The second-order valence-corrected chi connectivity index (χ2v) is 8.80. The maximum Gasteiger partial charge on any atom is 0.416 e. The average molecular weight is 523 g/mol. The third-order valence-electron chi connectivity index (χ3n) is 6.47. The van der Waals surface area contributed by atoms with Gasteiger partial charge in [0.15, 0.2) is 11.8 Å². The van der Waals surface area contributed by atoms with Gasteiger partial charge in [0.1, 0.15) is 0 Å². The van der Waals surface area contributed by atoms with Crippen LogP contribution in [0.3, 0.4) is 0 Å². The van der Waals surface area contributed by atoms with Gasteiger partial charge in [-0.25, -0.2) is 9.69 Å². The summed E-state index contributed by atoms with van der Waals surface area (Å²) in [4.78, 5) is 15.0. The molecule has 1 unspecified atom stereocenters. The number of carbonyl (C=O) groups excluding carboxylic acids is 1. The number of cyclic esters (lactones) is 1. The van der Waals surface area contributed by atoms with Gasteiger partial charge in [-0.15, -0.1) is 0 Å². The van der Waals surface area contributed by atoms with Gasteiger partial charge in [0.05, 0.1) is 23.8 Å². The van der Waals surface area contributed by atoms with Crippen molar-refractivity contribution in [3.63, 3.8) is 0 Å². The van der Waals surface area contributed by atoms with E-state index < -0.39 is 47.3 Å². The highest BCUT2D eigenvalue weighted by molar-refractivity contribution is 5.85. The number of esters is 1.